The molecular formula is C11H19N3OS. The molecule has 0 aliphatic rings. The minimum absolute atomic E-state index is 0.0899. The van der Waals surface area contributed by atoms with E-state index in [9.17, 15) is 4.79 Å². The smallest absolute Gasteiger partial charge is 0.252 e. The van der Waals surface area contributed by atoms with Crippen molar-refractivity contribution >= 4 is 17.7 Å². The zero-order chi connectivity index (χ0) is 12.0. The Balaban J connectivity index is 2.69. The Hall–Kier alpha value is -0.970. The van der Waals surface area contributed by atoms with E-state index >= 15 is 0 Å². The SMILES string of the molecule is CCCNc1nc(CSC(C)C)cc(=O)[nH]1. The molecule has 0 saturated heterocycles. The molecule has 1 aromatic heterocycles. The zero-order valence-corrected chi connectivity index (χ0v) is 10.9. The van der Waals surface area contributed by atoms with Crippen molar-refractivity contribution in [2.45, 2.75) is 38.2 Å². The molecule has 1 heterocycles. The molecule has 0 fully saturated rings. The second-order valence-corrected chi connectivity index (χ2v) is 5.44. The number of nitrogens with zero attached hydrogens (tertiary/aromatic N) is 1. The molecule has 0 saturated carbocycles. The number of anilines is 1. The third-order valence-electron chi connectivity index (χ3n) is 1.90. The van der Waals surface area contributed by atoms with Crippen molar-refractivity contribution in [2.24, 2.45) is 0 Å². The number of thioether (sulfide) groups is 1. The topological polar surface area (TPSA) is 57.8 Å². The molecule has 5 heteroatoms. The molecule has 0 aliphatic carbocycles. The summed E-state index contributed by atoms with van der Waals surface area (Å²) in [6.07, 6.45) is 1.01. The van der Waals surface area contributed by atoms with E-state index in [0.717, 1.165) is 24.4 Å². The van der Waals surface area contributed by atoms with Gasteiger partial charge in [-0.2, -0.15) is 11.8 Å². The van der Waals surface area contributed by atoms with E-state index in [0.29, 0.717) is 11.2 Å². The Bertz CT molecular complexity index is 376. The van der Waals surface area contributed by atoms with E-state index in [2.05, 4.69) is 36.1 Å². The largest absolute Gasteiger partial charge is 0.356 e. The highest BCUT2D eigenvalue weighted by Gasteiger charge is 2.02. The molecule has 0 aliphatic heterocycles. The quantitative estimate of drug-likeness (QED) is 0.802. The average Bonchev–Trinajstić information content (AvgIpc) is 2.23. The molecule has 2 N–H and O–H groups in total. The fourth-order valence-corrected chi connectivity index (χ4v) is 1.81. The van der Waals surface area contributed by atoms with Gasteiger partial charge in [0.25, 0.3) is 5.56 Å². The first kappa shape index (κ1) is 13.1. The van der Waals surface area contributed by atoms with Crippen LogP contribution in [0.1, 0.15) is 32.9 Å². The molecule has 1 aromatic rings. The first-order valence-electron chi connectivity index (χ1n) is 5.57. The van der Waals surface area contributed by atoms with Crippen molar-refractivity contribution in [1.29, 1.82) is 0 Å². The number of H-pyrrole nitrogens is 1. The van der Waals surface area contributed by atoms with Crippen molar-refractivity contribution in [3.8, 4) is 0 Å². The van der Waals surface area contributed by atoms with Crippen LogP contribution in [-0.2, 0) is 5.75 Å². The number of hydrogen-bond acceptors (Lipinski definition) is 4. The van der Waals surface area contributed by atoms with Gasteiger partial charge in [0.15, 0.2) is 0 Å². The Morgan fingerprint density at radius 2 is 2.31 bits per heavy atom. The maximum absolute atomic E-state index is 11.4. The molecule has 0 bridgehead atoms. The molecular weight excluding hydrogens is 222 g/mol. The van der Waals surface area contributed by atoms with E-state index in [-0.39, 0.29) is 5.56 Å². The summed E-state index contributed by atoms with van der Waals surface area (Å²) in [5.41, 5.74) is 0.744. The van der Waals surface area contributed by atoms with Crippen molar-refractivity contribution in [2.75, 3.05) is 11.9 Å². The van der Waals surface area contributed by atoms with Gasteiger partial charge in [0, 0.05) is 18.4 Å². The van der Waals surface area contributed by atoms with Gasteiger partial charge in [0.2, 0.25) is 5.95 Å². The summed E-state index contributed by atoms with van der Waals surface area (Å²) < 4.78 is 0. The molecule has 0 atom stereocenters. The fourth-order valence-electron chi connectivity index (χ4n) is 1.16. The number of aromatic amines is 1. The molecule has 0 aromatic carbocycles. The predicted molar refractivity (Wildman–Crippen MR) is 70.1 cm³/mol. The molecule has 1 rings (SSSR count). The number of aromatic nitrogens is 2. The summed E-state index contributed by atoms with van der Waals surface area (Å²) >= 11 is 1.78. The van der Waals surface area contributed by atoms with Crippen LogP contribution in [0.5, 0.6) is 0 Å². The molecule has 16 heavy (non-hydrogen) atoms. The maximum atomic E-state index is 11.4. The number of rotatable bonds is 6. The minimum atomic E-state index is -0.0899. The van der Waals surface area contributed by atoms with Gasteiger partial charge in [0.1, 0.15) is 0 Å². The predicted octanol–water partition coefficient (Wildman–Crippen LogP) is 2.23. The van der Waals surface area contributed by atoms with Crippen LogP contribution in [0.25, 0.3) is 0 Å². The molecule has 4 nitrogen and oxygen atoms in total. The van der Waals surface area contributed by atoms with Gasteiger partial charge in [-0.1, -0.05) is 20.8 Å². The maximum Gasteiger partial charge on any atom is 0.252 e. The minimum Gasteiger partial charge on any atom is -0.356 e. The Kier molecular flexibility index (Phi) is 5.38. The second-order valence-electron chi connectivity index (χ2n) is 3.87. The lowest BCUT2D eigenvalue weighted by Gasteiger charge is -2.07. The van der Waals surface area contributed by atoms with Gasteiger partial charge >= 0.3 is 0 Å². The third-order valence-corrected chi connectivity index (χ3v) is 3.03. The highest BCUT2D eigenvalue weighted by atomic mass is 32.2. The highest BCUT2D eigenvalue weighted by molar-refractivity contribution is 7.99. The Morgan fingerprint density at radius 1 is 1.56 bits per heavy atom. The summed E-state index contributed by atoms with van der Waals surface area (Å²) in [4.78, 5) is 18.4. The molecule has 0 unspecified atom stereocenters. The van der Waals surface area contributed by atoms with E-state index in [4.69, 9.17) is 0 Å². The van der Waals surface area contributed by atoms with Crippen molar-refractivity contribution < 1.29 is 0 Å². The fraction of sp³-hybridized carbons (Fsp3) is 0.636. The van der Waals surface area contributed by atoms with E-state index in [1.807, 2.05) is 0 Å². The monoisotopic (exact) mass is 241 g/mol. The molecule has 0 radical (unpaired) electrons. The van der Waals surface area contributed by atoms with Gasteiger partial charge in [-0.15, -0.1) is 0 Å². The van der Waals surface area contributed by atoms with Crippen molar-refractivity contribution in [3.63, 3.8) is 0 Å². The number of nitrogens with one attached hydrogen (secondary N) is 2. The summed E-state index contributed by atoms with van der Waals surface area (Å²) in [5, 5.41) is 3.64. The van der Waals surface area contributed by atoms with Gasteiger partial charge in [0.05, 0.1) is 5.69 Å². The first-order chi connectivity index (χ1) is 7.61. The van der Waals surface area contributed by atoms with Gasteiger partial charge in [-0.25, -0.2) is 4.98 Å². The standard InChI is InChI=1S/C11H19N3OS/c1-4-5-12-11-13-9(6-10(15)14-11)7-16-8(2)3/h6,8H,4-5,7H2,1-3H3,(H2,12,13,14,15). The summed E-state index contributed by atoms with van der Waals surface area (Å²) in [5.74, 6) is 1.36. The Morgan fingerprint density at radius 3 is 2.94 bits per heavy atom. The lowest BCUT2D eigenvalue weighted by molar-refractivity contribution is 0.937. The lowest BCUT2D eigenvalue weighted by atomic mass is 10.4. The van der Waals surface area contributed by atoms with Crippen LogP contribution in [-0.4, -0.2) is 21.8 Å². The van der Waals surface area contributed by atoms with Crippen LogP contribution < -0.4 is 10.9 Å². The van der Waals surface area contributed by atoms with E-state index in [1.165, 1.54) is 0 Å². The third kappa shape index (κ3) is 4.70. The van der Waals surface area contributed by atoms with Gasteiger partial charge in [-0.05, 0) is 11.7 Å². The van der Waals surface area contributed by atoms with Crippen LogP contribution in [0.2, 0.25) is 0 Å². The van der Waals surface area contributed by atoms with Crippen LogP contribution in [0.4, 0.5) is 5.95 Å². The van der Waals surface area contributed by atoms with Crippen LogP contribution in [0.3, 0.4) is 0 Å². The summed E-state index contributed by atoms with van der Waals surface area (Å²) in [7, 11) is 0. The first-order valence-corrected chi connectivity index (χ1v) is 6.62. The lowest BCUT2D eigenvalue weighted by Crippen LogP contribution is -2.14. The average molecular weight is 241 g/mol. The van der Waals surface area contributed by atoms with Gasteiger partial charge < -0.3 is 5.32 Å². The molecule has 0 amide bonds. The van der Waals surface area contributed by atoms with Gasteiger partial charge in [-0.3, -0.25) is 9.78 Å². The summed E-state index contributed by atoms with van der Waals surface area (Å²) in [6.45, 7) is 7.16. The molecule has 90 valence electrons. The van der Waals surface area contributed by atoms with Crippen LogP contribution in [0, 0.1) is 0 Å². The zero-order valence-electron chi connectivity index (χ0n) is 10.0. The number of hydrogen-bond donors (Lipinski definition) is 2. The second kappa shape index (κ2) is 6.58. The summed E-state index contributed by atoms with van der Waals surface area (Å²) in [6, 6.07) is 1.56. The van der Waals surface area contributed by atoms with E-state index < -0.39 is 0 Å². The van der Waals surface area contributed by atoms with Crippen molar-refractivity contribution in [3.05, 3.63) is 22.1 Å². The van der Waals surface area contributed by atoms with Crippen LogP contribution >= 0.6 is 11.8 Å². The Labute approximate surface area is 100 Å². The van der Waals surface area contributed by atoms with E-state index in [1.54, 1.807) is 17.8 Å². The highest BCUT2D eigenvalue weighted by Crippen LogP contribution is 2.15. The molecule has 0 spiro atoms. The normalized spacial score (nSPS) is 10.8. The van der Waals surface area contributed by atoms with Crippen molar-refractivity contribution in [1.82, 2.24) is 9.97 Å². The van der Waals surface area contributed by atoms with Crippen LogP contribution in [0.15, 0.2) is 10.9 Å².